The third-order valence-corrected chi connectivity index (χ3v) is 4.38. The quantitative estimate of drug-likeness (QED) is 0.675. The Labute approximate surface area is 121 Å². The normalized spacial score (nSPS) is 25.5. The van der Waals surface area contributed by atoms with Crippen LogP contribution in [0.2, 0.25) is 0 Å². The molecule has 0 radical (unpaired) electrons. The van der Waals surface area contributed by atoms with Crippen LogP contribution in [0.25, 0.3) is 0 Å². The van der Waals surface area contributed by atoms with Gasteiger partial charge in [-0.05, 0) is 0 Å². The average molecular weight is 291 g/mol. The Kier molecular flexibility index (Phi) is 2.81. The first-order chi connectivity index (χ1) is 10.2. The second-order valence-electron chi connectivity index (χ2n) is 5.68. The molecule has 9 heteroatoms. The second-order valence-corrected chi connectivity index (χ2v) is 5.68. The fourth-order valence-electron chi connectivity index (χ4n) is 2.96. The van der Waals surface area contributed by atoms with E-state index in [2.05, 4.69) is 20.9 Å². The Hall–Kier alpha value is -2.16. The van der Waals surface area contributed by atoms with Crippen molar-refractivity contribution < 1.29 is 9.59 Å². The smallest absolute Gasteiger partial charge is 0.317 e. The van der Waals surface area contributed by atoms with Crippen molar-refractivity contribution in [2.24, 2.45) is 0 Å². The molecule has 0 aliphatic carbocycles. The summed E-state index contributed by atoms with van der Waals surface area (Å²) in [5.41, 5.74) is 0.382. The Morgan fingerprint density at radius 3 is 2.86 bits per heavy atom. The summed E-state index contributed by atoms with van der Waals surface area (Å²) in [6.45, 7) is 4.00. The molecule has 0 bridgehead atoms. The molecule has 1 unspecified atom stereocenters. The second kappa shape index (κ2) is 4.69. The van der Waals surface area contributed by atoms with Crippen molar-refractivity contribution in [3.8, 4) is 0 Å². The lowest BCUT2D eigenvalue weighted by Crippen LogP contribution is -2.53. The van der Waals surface area contributed by atoms with Crippen molar-refractivity contribution in [2.45, 2.75) is 12.1 Å². The lowest BCUT2D eigenvalue weighted by Gasteiger charge is -2.35. The molecule has 21 heavy (non-hydrogen) atoms. The van der Waals surface area contributed by atoms with Gasteiger partial charge in [-0.25, -0.2) is 9.48 Å². The summed E-state index contributed by atoms with van der Waals surface area (Å²) in [6.07, 6.45) is 1.72. The Morgan fingerprint density at radius 2 is 2.10 bits per heavy atom. The number of amides is 3. The molecule has 1 atom stereocenters. The Bertz CT molecular complexity index is 582. The molecule has 0 spiro atoms. The molecule has 112 valence electrons. The zero-order valence-corrected chi connectivity index (χ0v) is 11.5. The molecule has 0 aromatic carbocycles. The van der Waals surface area contributed by atoms with E-state index in [1.807, 2.05) is 0 Å². The minimum Gasteiger partial charge on any atom is -0.336 e. The summed E-state index contributed by atoms with van der Waals surface area (Å²) < 4.78 is 1.75. The largest absolute Gasteiger partial charge is 0.336 e. The molecule has 3 aliphatic rings. The van der Waals surface area contributed by atoms with Crippen LogP contribution in [0.1, 0.15) is 16.5 Å². The predicted molar refractivity (Wildman–Crippen MR) is 71.7 cm³/mol. The predicted octanol–water partition coefficient (Wildman–Crippen LogP) is -1.73. The van der Waals surface area contributed by atoms with Crippen molar-refractivity contribution in [1.29, 1.82) is 0 Å². The molecule has 0 saturated carbocycles. The zero-order valence-electron chi connectivity index (χ0n) is 11.5. The van der Waals surface area contributed by atoms with E-state index in [4.69, 9.17) is 0 Å². The van der Waals surface area contributed by atoms with E-state index in [0.717, 1.165) is 13.1 Å². The lowest BCUT2D eigenvalue weighted by atomic mass is 10.2. The van der Waals surface area contributed by atoms with Crippen LogP contribution in [0, 0.1) is 0 Å². The molecule has 3 amide bonds. The van der Waals surface area contributed by atoms with E-state index in [-0.39, 0.29) is 18.0 Å². The highest BCUT2D eigenvalue weighted by atomic mass is 16.2. The summed E-state index contributed by atoms with van der Waals surface area (Å²) in [7, 11) is 0. The van der Waals surface area contributed by atoms with E-state index < -0.39 is 0 Å². The number of nitrogens with one attached hydrogen (secondary N) is 2. The van der Waals surface area contributed by atoms with E-state index in [0.29, 0.717) is 37.9 Å². The highest BCUT2D eigenvalue weighted by Gasteiger charge is 2.37. The molecule has 3 saturated heterocycles. The molecule has 2 N–H and O–H groups in total. The number of rotatable bonds is 2. The summed E-state index contributed by atoms with van der Waals surface area (Å²) >= 11 is 0. The fraction of sp³-hybridized carbons (Fsp3) is 0.667. The molecule has 3 aliphatic heterocycles. The van der Waals surface area contributed by atoms with E-state index in [1.165, 1.54) is 0 Å². The molecule has 4 heterocycles. The van der Waals surface area contributed by atoms with E-state index >= 15 is 0 Å². The first-order valence-electron chi connectivity index (χ1n) is 7.18. The van der Waals surface area contributed by atoms with Crippen LogP contribution in [0.3, 0.4) is 0 Å². The first-order valence-corrected chi connectivity index (χ1v) is 7.18. The molecular formula is C12H17N7O2. The van der Waals surface area contributed by atoms with Crippen molar-refractivity contribution in [2.75, 3.05) is 39.3 Å². The maximum atomic E-state index is 12.5. The summed E-state index contributed by atoms with van der Waals surface area (Å²) in [5.74, 6) is -0.104. The van der Waals surface area contributed by atoms with Gasteiger partial charge in [-0.2, -0.15) is 0 Å². The van der Waals surface area contributed by atoms with Crippen LogP contribution in [-0.4, -0.2) is 82.0 Å². The van der Waals surface area contributed by atoms with Crippen molar-refractivity contribution >= 4 is 11.9 Å². The number of urea groups is 1. The molecule has 4 rings (SSSR count). The van der Waals surface area contributed by atoms with Crippen LogP contribution < -0.4 is 10.6 Å². The number of fused-ring (bicyclic) bond motifs is 1. The van der Waals surface area contributed by atoms with Gasteiger partial charge >= 0.3 is 6.03 Å². The number of hydrogen-bond donors (Lipinski definition) is 2. The van der Waals surface area contributed by atoms with E-state index in [9.17, 15) is 9.59 Å². The lowest BCUT2D eigenvalue weighted by molar-refractivity contribution is 0.0611. The van der Waals surface area contributed by atoms with Crippen LogP contribution in [0.4, 0.5) is 4.79 Å². The van der Waals surface area contributed by atoms with Gasteiger partial charge < -0.3 is 20.4 Å². The fourth-order valence-corrected chi connectivity index (χ4v) is 2.96. The van der Waals surface area contributed by atoms with Gasteiger partial charge in [-0.15, -0.1) is 5.10 Å². The average Bonchev–Trinajstić information content (AvgIpc) is 3.04. The minimum absolute atomic E-state index is 0.0319. The number of piperazine rings is 1. The van der Waals surface area contributed by atoms with Gasteiger partial charge in [0.15, 0.2) is 5.69 Å². The minimum atomic E-state index is -0.104. The first kappa shape index (κ1) is 12.6. The number of hydrogen-bond acceptors (Lipinski definition) is 5. The monoisotopic (exact) mass is 291 g/mol. The molecule has 9 nitrogen and oxygen atoms in total. The standard InChI is InChI=1S/C12H17N7O2/c20-11(10-7-19(16-15-10)8-3-13-4-8)17-1-2-18-9(6-17)5-14-12(18)21/h7-9,13H,1-6H2,(H,14,21). The molecule has 1 aromatic heterocycles. The highest BCUT2D eigenvalue weighted by Crippen LogP contribution is 2.16. The zero-order chi connectivity index (χ0) is 14.4. The van der Waals surface area contributed by atoms with E-state index in [1.54, 1.807) is 20.7 Å². The van der Waals surface area contributed by atoms with Crippen molar-refractivity contribution in [3.63, 3.8) is 0 Å². The van der Waals surface area contributed by atoms with Crippen LogP contribution in [-0.2, 0) is 0 Å². The van der Waals surface area contributed by atoms with Gasteiger partial charge in [0.05, 0.1) is 18.3 Å². The number of nitrogens with zero attached hydrogens (tertiary/aromatic N) is 5. The third kappa shape index (κ3) is 2.04. The number of carbonyl (C=O) groups excluding carboxylic acids is 2. The maximum absolute atomic E-state index is 12.5. The summed E-state index contributed by atoms with van der Waals surface area (Å²) in [4.78, 5) is 27.6. The van der Waals surface area contributed by atoms with Gasteiger partial charge in [0.1, 0.15) is 0 Å². The van der Waals surface area contributed by atoms with Crippen molar-refractivity contribution in [1.82, 2.24) is 35.4 Å². The number of carbonyl (C=O) groups is 2. The Morgan fingerprint density at radius 1 is 1.24 bits per heavy atom. The third-order valence-electron chi connectivity index (χ3n) is 4.38. The molecule has 3 fully saturated rings. The van der Waals surface area contributed by atoms with Gasteiger partial charge in [-0.3, -0.25) is 4.79 Å². The maximum Gasteiger partial charge on any atom is 0.317 e. The van der Waals surface area contributed by atoms with Gasteiger partial charge in [0.25, 0.3) is 5.91 Å². The topological polar surface area (TPSA) is 95.4 Å². The van der Waals surface area contributed by atoms with Crippen molar-refractivity contribution in [3.05, 3.63) is 11.9 Å². The van der Waals surface area contributed by atoms with Gasteiger partial charge in [0.2, 0.25) is 0 Å². The molecular weight excluding hydrogens is 274 g/mol. The van der Waals surface area contributed by atoms with Crippen LogP contribution in [0.5, 0.6) is 0 Å². The summed E-state index contributed by atoms with van der Waals surface area (Å²) in [6, 6.07) is 0.337. The molecule has 1 aromatic rings. The summed E-state index contributed by atoms with van der Waals surface area (Å²) in [5, 5.41) is 14.0. The van der Waals surface area contributed by atoms with Crippen LogP contribution >= 0.6 is 0 Å². The van der Waals surface area contributed by atoms with Crippen LogP contribution in [0.15, 0.2) is 6.20 Å². The Balaban J connectivity index is 1.45. The van der Waals surface area contributed by atoms with Gasteiger partial charge in [0, 0.05) is 39.3 Å². The SMILES string of the molecule is O=C(c1cn(C2CNC2)nn1)N1CCN2C(=O)NCC2C1. The number of aromatic nitrogens is 3. The van der Waals surface area contributed by atoms with Gasteiger partial charge in [-0.1, -0.05) is 5.21 Å². The highest BCUT2D eigenvalue weighted by molar-refractivity contribution is 5.92.